The number of Topliss-reactive ketones (excluding diaryl/α,β-unsaturated/α-hetero) is 1. The molecule has 1 unspecified atom stereocenters. The van der Waals surface area contributed by atoms with Crippen LogP contribution in [0.5, 0.6) is 0 Å². The van der Waals surface area contributed by atoms with Gasteiger partial charge in [-0.05, 0) is 49.2 Å². The number of aromatic nitrogens is 1. The van der Waals surface area contributed by atoms with Crippen LogP contribution in [0.15, 0.2) is 54.2 Å². The number of halogens is 1. The van der Waals surface area contributed by atoms with Gasteiger partial charge in [-0.15, -0.1) is 0 Å². The highest BCUT2D eigenvalue weighted by molar-refractivity contribution is 6.46. The lowest BCUT2D eigenvalue weighted by Gasteiger charge is -2.30. The average Bonchev–Trinajstić information content (AvgIpc) is 3.30. The lowest BCUT2D eigenvalue weighted by Crippen LogP contribution is -2.37. The highest BCUT2D eigenvalue weighted by Gasteiger charge is 2.49. The summed E-state index contributed by atoms with van der Waals surface area (Å²) >= 11 is 5.92. The van der Waals surface area contributed by atoms with Crippen molar-refractivity contribution in [2.45, 2.75) is 37.8 Å². The zero-order chi connectivity index (χ0) is 19.0. The van der Waals surface area contributed by atoms with Crippen LogP contribution in [0.1, 0.15) is 43.0 Å². The molecule has 1 atom stereocenters. The molecule has 6 heteroatoms. The molecule has 1 amide bonds. The summed E-state index contributed by atoms with van der Waals surface area (Å²) < 4.78 is 0. The Hall–Kier alpha value is -2.66. The van der Waals surface area contributed by atoms with Gasteiger partial charge in [0.15, 0.2) is 0 Å². The fourth-order valence-electron chi connectivity index (χ4n) is 4.00. The Morgan fingerprint density at radius 2 is 1.78 bits per heavy atom. The van der Waals surface area contributed by atoms with Crippen molar-refractivity contribution in [1.29, 1.82) is 0 Å². The van der Waals surface area contributed by atoms with E-state index in [2.05, 4.69) is 4.98 Å². The second kappa shape index (κ2) is 7.16. The number of carbonyl (C=O) groups is 2. The molecule has 0 bridgehead atoms. The van der Waals surface area contributed by atoms with Crippen molar-refractivity contribution in [3.63, 3.8) is 0 Å². The van der Waals surface area contributed by atoms with Gasteiger partial charge in [0.2, 0.25) is 0 Å². The van der Waals surface area contributed by atoms with Crippen LogP contribution < -0.4 is 0 Å². The fourth-order valence-corrected chi connectivity index (χ4v) is 4.13. The van der Waals surface area contributed by atoms with E-state index in [-0.39, 0.29) is 17.4 Å². The zero-order valence-electron chi connectivity index (χ0n) is 14.6. The van der Waals surface area contributed by atoms with Gasteiger partial charge in [0.25, 0.3) is 11.7 Å². The number of benzene rings is 1. The Morgan fingerprint density at radius 1 is 1.07 bits per heavy atom. The maximum Gasteiger partial charge on any atom is 0.295 e. The minimum Gasteiger partial charge on any atom is -0.507 e. The summed E-state index contributed by atoms with van der Waals surface area (Å²) in [5.74, 6) is -1.42. The minimum absolute atomic E-state index is 0.0102. The number of carbonyl (C=O) groups excluding carboxylic acids is 2. The van der Waals surface area contributed by atoms with E-state index in [0.717, 1.165) is 25.7 Å². The molecular weight excluding hydrogens is 364 g/mol. The summed E-state index contributed by atoms with van der Waals surface area (Å²) in [6.45, 7) is 0. The van der Waals surface area contributed by atoms with Gasteiger partial charge in [-0.3, -0.25) is 14.6 Å². The van der Waals surface area contributed by atoms with Crippen LogP contribution in [-0.2, 0) is 9.59 Å². The molecule has 1 aliphatic heterocycles. The molecule has 2 fully saturated rings. The van der Waals surface area contributed by atoms with Gasteiger partial charge in [0.1, 0.15) is 11.8 Å². The summed E-state index contributed by atoms with van der Waals surface area (Å²) in [6.07, 6.45) is 5.40. The number of pyridine rings is 1. The molecule has 27 heavy (non-hydrogen) atoms. The Balaban J connectivity index is 1.87. The molecule has 1 saturated carbocycles. The monoisotopic (exact) mass is 382 g/mol. The first-order valence-corrected chi connectivity index (χ1v) is 9.42. The molecule has 2 heterocycles. The lowest BCUT2D eigenvalue weighted by atomic mass is 9.97. The van der Waals surface area contributed by atoms with E-state index in [1.807, 2.05) is 6.07 Å². The second-order valence-corrected chi connectivity index (χ2v) is 7.34. The summed E-state index contributed by atoms with van der Waals surface area (Å²) in [4.78, 5) is 31.7. The van der Waals surface area contributed by atoms with E-state index in [9.17, 15) is 14.7 Å². The average molecular weight is 383 g/mol. The Kier molecular flexibility index (Phi) is 4.70. The highest BCUT2D eigenvalue weighted by atomic mass is 35.5. The van der Waals surface area contributed by atoms with Crippen LogP contribution in [0.2, 0.25) is 5.02 Å². The van der Waals surface area contributed by atoms with Gasteiger partial charge in [0, 0.05) is 22.8 Å². The quantitative estimate of drug-likeness (QED) is 0.493. The van der Waals surface area contributed by atoms with E-state index >= 15 is 0 Å². The van der Waals surface area contributed by atoms with Crippen molar-refractivity contribution in [2.24, 2.45) is 0 Å². The van der Waals surface area contributed by atoms with Gasteiger partial charge >= 0.3 is 0 Å². The number of likely N-dealkylation sites (tertiary alicyclic amines) is 1. The smallest absolute Gasteiger partial charge is 0.295 e. The maximum atomic E-state index is 12.9. The number of aliphatic hydroxyl groups is 1. The number of nitrogens with zero attached hydrogens (tertiary/aromatic N) is 2. The van der Waals surface area contributed by atoms with E-state index in [4.69, 9.17) is 11.6 Å². The van der Waals surface area contributed by atoms with Crippen molar-refractivity contribution < 1.29 is 14.7 Å². The largest absolute Gasteiger partial charge is 0.507 e. The number of hydrogen-bond donors (Lipinski definition) is 1. The Bertz CT molecular complexity index is 903. The third-order valence-corrected chi connectivity index (χ3v) is 5.54. The molecule has 1 aromatic heterocycles. The lowest BCUT2D eigenvalue weighted by molar-refractivity contribution is -0.141. The first-order valence-electron chi connectivity index (χ1n) is 9.05. The first-order chi connectivity index (χ1) is 13.1. The third kappa shape index (κ3) is 3.12. The molecule has 138 valence electrons. The third-order valence-electron chi connectivity index (χ3n) is 5.28. The predicted molar refractivity (Wildman–Crippen MR) is 102 cm³/mol. The fraction of sp³-hybridized carbons (Fsp3) is 0.286. The number of hydrogen-bond acceptors (Lipinski definition) is 4. The van der Waals surface area contributed by atoms with E-state index < -0.39 is 17.7 Å². The van der Waals surface area contributed by atoms with Crippen LogP contribution in [0.25, 0.3) is 5.76 Å². The number of rotatable bonds is 3. The zero-order valence-corrected chi connectivity index (χ0v) is 15.4. The maximum absolute atomic E-state index is 12.9. The highest BCUT2D eigenvalue weighted by Crippen LogP contribution is 2.42. The normalized spacial score (nSPS) is 22.6. The van der Waals surface area contributed by atoms with Crippen LogP contribution in [0, 0.1) is 0 Å². The van der Waals surface area contributed by atoms with Crippen molar-refractivity contribution in [3.8, 4) is 0 Å². The van der Waals surface area contributed by atoms with Crippen LogP contribution in [0.4, 0.5) is 0 Å². The molecule has 0 spiro atoms. The summed E-state index contributed by atoms with van der Waals surface area (Å²) in [7, 11) is 0. The van der Waals surface area contributed by atoms with Gasteiger partial charge in [0.05, 0.1) is 11.3 Å². The standard InChI is InChI=1S/C21H19ClN2O3/c22-14-10-8-13(9-11-14)19(25)17-18(16-7-3-4-12-23-16)24(21(27)20(17)26)15-5-1-2-6-15/h3-4,7-12,15,18,25H,1-2,5-6H2/b19-17-. The van der Waals surface area contributed by atoms with E-state index in [1.165, 1.54) is 0 Å². The van der Waals surface area contributed by atoms with Gasteiger partial charge in [-0.1, -0.05) is 30.5 Å². The van der Waals surface area contributed by atoms with Crippen LogP contribution in [0.3, 0.4) is 0 Å². The molecule has 5 nitrogen and oxygen atoms in total. The molecule has 1 N–H and O–H groups in total. The molecule has 0 radical (unpaired) electrons. The predicted octanol–water partition coefficient (Wildman–Crippen LogP) is 4.10. The van der Waals surface area contributed by atoms with Gasteiger partial charge < -0.3 is 10.0 Å². The van der Waals surface area contributed by atoms with Crippen molar-refractivity contribution >= 4 is 29.1 Å². The van der Waals surface area contributed by atoms with Gasteiger partial charge in [-0.2, -0.15) is 0 Å². The summed E-state index contributed by atoms with van der Waals surface area (Å²) in [5, 5.41) is 11.4. The van der Waals surface area contributed by atoms with Crippen molar-refractivity contribution in [1.82, 2.24) is 9.88 Å². The van der Waals surface area contributed by atoms with E-state index in [1.54, 1.807) is 47.5 Å². The number of aliphatic hydroxyl groups excluding tert-OH is 1. The minimum atomic E-state index is -0.676. The first kappa shape index (κ1) is 17.7. The Labute approximate surface area is 162 Å². The molecule has 1 aromatic carbocycles. The SMILES string of the molecule is O=C1C(=O)N(C2CCCC2)C(c2ccccn2)/C1=C(/O)c1ccc(Cl)cc1. The van der Waals surface area contributed by atoms with Gasteiger partial charge in [-0.25, -0.2) is 0 Å². The molecular formula is C21H19ClN2O3. The van der Waals surface area contributed by atoms with Crippen LogP contribution >= 0.6 is 11.6 Å². The summed E-state index contributed by atoms with van der Waals surface area (Å²) in [6, 6.07) is 11.2. The van der Waals surface area contributed by atoms with Crippen LogP contribution in [-0.4, -0.2) is 32.7 Å². The van der Waals surface area contributed by atoms with Crippen molar-refractivity contribution in [2.75, 3.05) is 0 Å². The summed E-state index contributed by atoms with van der Waals surface area (Å²) in [5.41, 5.74) is 1.12. The second-order valence-electron chi connectivity index (χ2n) is 6.91. The molecule has 4 rings (SSSR count). The van der Waals surface area contributed by atoms with Crippen molar-refractivity contribution in [3.05, 3.63) is 70.5 Å². The van der Waals surface area contributed by atoms with E-state index in [0.29, 0.717) is 16.3 Å². The molecule has 2 aromatic rings. The molecule has 2 aliphatic rings. The topological polar surface area (TPSA) is 70.5 Å². The Morgan fingerprint density at radius 3 is 2.41 bits per heavy atom. The number of ketones is 1. The molecule has 1 aliphatic carbocycles. The number of amides is 1. The molecule has 1 saturated heterocycles.